The van der Waals surface area contributed by atoms with E-state index in [2.05, 4.69) is 4.98 Å². The summed E-state index contributed by atoms with van der Waals surface area (Å²) in [5, 5.41) is 11.2. The van der Waals surface area contributed by atoms with Crippen LogP contribution in [0.5, 0.6) is 0 Å². The lowest BCUT2D eigenvalue weighted by Crippen LogP contribution is -2.19. The molecule has 18 heavy (non-hydrogen) atoms. The van der Waals surface area contributed by atoms with Crippen molar-refractivity contribution in [2.45, 2.75) is 13.5 Å². The number of anilines is 1. The molecule has 94 valence electrons. The van der Waals surface area contributed by atoms with Gasteiger partial charge in [0.05, 0.1) is 29.0 Å². The third-order valence-corrected chi connectivity index (χ3v) is 3.31. The predicted molar refractivity (Wildman–Crippen MR) is 72.4 cm³/mol. The van der Waals surface area contributed by atoms with Crippen LogP contribution in [0.4, 0.5) is 5.69 Å². The molecule has 0 aliphatic carbocycles. The summed E-state index contributed by atoms with van der Waals surface area (Å²) in [6.07, 6.45) is 0. The molecule has 0 aliphatic heterocycles. The number of benzene rings is 1. The number of hydrogen-bond donors (Lipinski definition) is 1. The highest BCUT2D eigenvalue weighted by molar-refractivity contribution is 7.07. The second-order valence-corrected chi connectivity index (χ2v) is 4.88. The Morgan fingerprint density at radius 2 is 2.28 bits per heavy atom. The van der Waals surface area contributed by atoms with Crippen molar-refractivity contribution in [2.75, 3.05) is 11.9 Å². The molecule has 1 heterocycles. The molecule has 5 heteroatoms. The zero-order valence-corrected chi connectivity index (χ0v) is 11.1. The first-order valence-electron chi connectivity index (χ1n) is 5.50. The molecular formula is C13H14N2O2S. The van der Waals surface area contributed by atoms with Gasteiger partial charge in [0.2, 0.25) is 0 Å². The highest BCUT2D eigenvalue weighted by Crippen LogP contribution is 2.22. The number of thiazole rings is 1. The first kappa shape index (κ1) is 12.6. The maximum absolute atomic E-state index is 11.2. The number of hydrogen-bond acceptors (Lipinski definition) is 4. The second kappa shape index (κ2) is 5.18. The summed E-state index contributed by atoms with van der Waals surface area (Å²) in [7, 11) is 1.87. The molecule has 4 nitrogen and oxygen atoms in total. The zero-order valence-electron chi connectivity index (χ0n) is 10.3. The number of carboxylic acid groups (broad SMARTS) is 1. The van der Waals surface area contributed by atoms with Gasteiger partial charge in [0.1, 0.15) is 0 Å². The van der Waals surface area contributed by atoms with Gasteiger partial charge >= 0.3 is 5.97 Å². The minimum Gasteiger partial charge on any atom is -0.478 e. The van der Waals surface area contributed by atoms with Gasteiger partial charge < -0.3 is 10.0 Å². The van der Waals surface area contributed by atoms with Gasteiger partial charge in [-0.25, -0.2) is 9.78 Å². The largest absolute Gasteiger partial charge is 0.478 e. The molecule has 0 saturated carbocycles. The zero-order chi connectivity index (χ0) is 13.1. The Bertz CT molecular complexity index is 552. The molecule has 0 saturated heterocycles. The SMILES string of the molecule is Cc1ccc(N(C)Cc2cscn2)c(C(=O)O)c1. The average Bonchev–Trinajstić information content (AvgIpc) is 2.81. The number of carbonyl (C=O) groups is 1. The second-order valence-electron chi connectivity index (χ2n) is 4.16. The van der Waals surface area contributed by atoms with Crippen LogP contribution in [0.15, 0.2) is 29.1 Å². The molecule has 0 fully saturated rings. The highest BCUT2D eigenvalue weighted by atomic mass is 32.1. The first-order chi connectivity index (χ1) is 8.58. The molecule has 1 aromatic heterocycles. The van der Waals surface area contributed by atoms with Crippen molar-refractivity contribution in [3.8, 4) is 0 Å². The molecule has 2 aromatic rings. The summed E-state index contributed by atoms with van der Waals surface area (Å²) in [4.78, 5) is 17.3. The van der Waals surface area contributed by atoms with Gasteiger partial charge in [-0.2, -0.15) is 0 Å². The summed E-state index contributed by atoms with van der Waals surface area (Å²) in [6, 6.07) is 5.44. The van der Waals surface area contributed by atoms with E-state index in [4.69, 9.17) is 0 Å². The van der Waals surface area contributed by atoms with Crippen LogP contribution < -0.4 is 4.90 Å². The van der Waals surface area contributed by atoms with Gasteiger partial charge in [0.25, 0.3) is 0 Å². The number of aromatic nitrogens is 1. The van der Waals surface area contributed by atoms with Gasteiger partial charge in [-0.1, -0.05) is 11.6 Å². The molecule has 0 spiro atoms. The Kier molecular flexibility index (Phi) is 3.62. The Balaban J connectivity index is 2.29. The van der Waals surface area contributed by atoms with Crippen LogP contribution in [0.1, 0.15) is 21.6 Å². The monoisotopic (exact) mass is 262 g/mol. The highest BCUT2D eigenvalue weighted by Gasteiger charge is 2.14. The van der Waals surface area contributed by atoms with Gasteiger partial charge in [-0.05, 0) is 19.1 Å². The fourth-order valence-corrected chi connectivity index (χ4v) is 2.35. The Morgan fingerprint density at radius 3 is 2.89 bits per heavy atom. The van der Waals surface area contributed by atoms with E-state index in [1.165, 1.54) is 11.3 Å². The third-order valence-electron chi connectivity index (χ3n) is 2.68. The standard InChI is InChI=1S/C13H14N2O2S/c1-9-3-4-12(11(5-9)13(16)17)15(2)6-10-7-18-8-14-10/h3-5,7-8H,6H2,1-2H3,(H,16,17). The van der Waals surface area contributed by atoms with Crippen LogP contribution in [0.25, 0.3) is 0 Å². The third kappa shape index (κ3) is 2.68. The van der Waals surface area contributed by atoms with Gasteiger partial charge in [0.15, 0.2) is 0 Å². The van der Waals surface area contributed by atoms with Gasteiger partial charge in [-0.15, -0.1) is 11.3 Å². The van der Waals surface area contributed by atoms with Crippen LogP contribution >= 0.6 is 11.3 Å². The number of rotatable bonds is 4. The van der Waals surface area contributed by atoms with Crippen molar-refractivity contribution >= 4 is 23.0 Å². The average molecular weight is 262 g/mol. The van der Waals surface area contributed by atoms with Crippen molar-refractivity contribution in [3.05, 3.63) is 45.9 Å². The smallest absolute Gasteiger partial charge is 0.337 e. The lowest BCUT2D eigenvalue weighted by molar-refractivity contribution is 0.0697. The Hall–Kier alpha value is -1.88. The fraction of sp³-hybridized carbons (Fsp3) is 0.231. The fourth-order valence-electron chi connectivity index (χ4n) is 1.80. The quantitative estimate of drug-likeness (QED) is 0.920. The van der Waals surface area contributed by atoms with Crippen molar-refractivity contribution in [1.29, 1.82) is 0 Å². The molecule has 0 radical (unpaired) electrons. The molecule has 2 rings (SSSR count). The van der Waals surface area contributed by atoms with E-state index in [1.807, 2.05) is 36.4 Å². The normalized spacial score (nSPS) is 10.3. The van der Waals surface area contributed by atoms with Crippen molar-refractivity contribution < 1.29 is 9.90 Å². The maximum atomic E-state index is 11.2. The topological polar surface area (TPSA) is 53.4 Å². The lowest BCUT2D eigenvalue weighted by Gasteiger charge is -2.20. The summed E-state index contributed by atoms with van der Waals surface area (Å²) >= 11 is 1.54. The molecule has 0 bridgehead atoms. The molecule has 0 aliphatic rings. The lowest BCUT2D eigenvalue weighted by atomic mass is 10.1. The maximum Gasteiger partial charge on any atom is 0.337 e. The number of carboxylic acids is 1. The summed E-state index contributed by atoms with van der Waals surface area (Å²) in [5.74, 6) is -0.904. The van der Waals surface area contributed by atoms with Crippen molar-refractivity contribution in [1.82, 2.24) is 4.98 Å². The van der Waals surface area contributed by atoms with E-state index in [9.17, 15) is 9.90 Å². The van der Waals surface area contributed by atoms with Crippen LogP contribution in [0, 0.1) is 6.92 Å². The summed E-state index contributed by atoms with van der Waals surface area (Å²) in [6.45, 7) is 2.49. The van der Waals surface area contributed by atoms with Crippen LogP contribution in [0.3, 0.4) is 0 Å². The predicted octanol–water partition coefficient (Wildman–Crippen LogP) is 2.79. The number of nitrogens with zero attached hydrogens (tertiary/aromatic N) is 2. The molecular weight excluding hydrogens is 248 g/mol. The van der Waals surface area contributed by atoms with E-state index >= 15 is 0 Å². The molecule has 0 atom stereocenters. The van der Waals surface area contributed by atoms with E-state index in [-0.39, 0.29) is 0 Å². The van der Waals surface area contributed by atoms with E-state index in [0.29, 0.717) is 17.8 Å². The molecule has 0 unspecified atom stereocenters. The minimum absolute atomic E-state index is 0.327. The van der Waals surface area contributed by atoms with E-state index < -0.39 is 5.97 Å². The van der Waals surface area contributed by atoms with E-state index in [1.54, 1.807) is 11.6 Å². The Labute approximate surface area is 110 Å². The summed E-state index contributed by atoms with van der Waals surface area (Å²) in [5.41, 5.74) is 4.70. The van der Waals surface area contributed by atoms with Gasteiger partial charge in [-0.3, -0.25) is 0 Å². The van der Waals surface area contributed by atoms with Crippen LogP contribution in [-0.4, -0.2) is 23.1 Å². The number of aromatic carboxylic acids is 1. The van der Waals surface area contributed by atoms with Crippen molar-refractivity contribution in [2.24, 2.45) is 0 Å². The first-order valence-corrected chi connectivity index (χ1v) is 6.44. The van der Waals surface area contributed by atoms with Crippen LogP contribution in [-0.2, 0) is 6.54 Å². The van der Waals surface area contributed by atoms with Crippen molar-refractivity contribution in [3.63, 3.8) is 0 Å². The molecule has 1 N–H and O–H groups in total. The number of aryl methyl sites for hydroxylation is 1. The van der Waals surface area contributed by atoms with Crippen LogP contribution in [0.2, 0.25) is 0 Å². The molecule has 1 aromatic carbocycles. The minimum atomic E-state index is -0.904. The molecule has 0 amide bonds. The van der Waals surface area contributed by atoms with E-state index in [0.717, 1.165) is 11.3 Å². The van der Waals surface area contributed by atoms with Gasteiger partial charge in [0, 0.05) is 12.4 Å². The summed E-state index contributed by atoms with van der Waals surface area (Å²) < 4.78 is 0. The Morgan fingerprint density at radius 1 is 1.50 bits per heavy atom.